The smallest absolute Gasteiger partial charge is 0.355 e. The highest BCUT2D eigenvalue weighted by Gasteiger charge is 2.32. The molecule has 1 aliphatic carbocycles. The Bertz CT molecular complexity index is 1080. The fraction of sp³-hybridized carbons (Fsp3) is 0.280. The molecule has 30 heavy (non-hydrogen) atoms. The van der Waals surface area contributed by atoms with Crippen molar-refractivity contribution in [3.63, 3.8) is 0 Å². The van der Waals surface area contributed by atoms with Gasteiger partial charge in [-0.1, -0.05) is 42.0 Å². The standard InChI is InChI=1S/C25H25NO4/c1-15-4-6-17(7-5-15)14-30-25(28)24-16(2)23-21(26-24)12-19(13-22(23)27)18-8-10-20(29-3)11-9-18/h4-11,19,26H,12-14H2,1-3H3/t19-/m0/s1. The number of ether oxygens (including phenoxy) is 2. The summed E-state index contributed by atoms with van der Waals surface area (Å²) in [6.07, 6.45) is 1.11. The third kappa shape index (κ3) is 3.88. The lowest BCUT2D eigenvalue weighted by molar-refractivity contribution is 0.0465. The number of methoxy groups -OCH3 is 1. The van der Waals surface area contributed by atoms with E-state index in [1.165, 1.54) is 0 Å². The summed E-state index contributed by atoms with van der Waals surface area (Å²) in [4.78, 5) is 28.7. The van der Waals surface area contributed by atoms with Crippen molar-refractivity contribution in [1.29, 1.82) is 0 Å². The molecule has 0 spiro atoms. The van der Waals surface area contributed by atoms with Crippen LogP contribution in [0.1, 0.15) is 61.1 Å². The van der Waals surface area contributed by atoms with Gasteiger partial charge in [0.25, 0.3) is 0 Å². The maximum atomic E-state index is 12.9. The van der Waals surface area contributed by atoms with E-state index in [9.17, 15) is 9.59 Å². The molecular weight excluding hydrogens is 378 g/mol. The molecule has 154 valence electrons. The van der Waals surface area contributed by atoms with Crippen LogP contribution in [0.4, 0.5) is 0 Å². The van der Waals surface area contributed by atoms with E-state index in [-0.39, 0.29) is 18.3 Å². The minimum Gasteiger partial charge on any atom is -0.497 e. The monoisotopic (exact) mass is 403 g/mol. The Kier molecular flexibility index (Phi) is 5.44. The minimum absolute atomic E-state index is 0.0587. The van der Waals surface area contributed by atoms with E-state index in [1.54, 1.807) is 7.11 Å². The number of benzene rings is 2. The second-order valence-electron chi connectivity index (χ2n) is 7.84. The quantitative estimate of drug-likeness (QED) is 0.615. The van der Waals surface area contributed by atoms with Gasteiger partial charge in [0.15, 0.2) is 5.78 Å². The highest BCUT2D eigenvalue weighted by molar-refractivity contribution is 6.03. The molecule has 0 unspecified atom stereocenters. The van der Waals surface area contributed by atoms with Crippen LogP contribution in [0, 0.1) is 13.8 Å². The van der Waals surface area contributed by atoms with Crippen molar-refractivity contribution in [3.05, 3.63) is 87.7 Å². The van der Waals surface area contributed by atoms with E-state index >= 15 is 0 Å². The van der Waals surface area contributed by atoms with Crippen molar-refractivity contribution < 1.29 is 19.1 Å². The molecule has 4 rings (SSSR count). The van der Waals surface area contributed by atoms with Crippen LogP contribution in [0.25, 0.3) is 0 Å². The van der Waals surface area contributed by atoms with Gasteiger partial charge < -0.3 is 14.5 Å². The summed E-state index contributed by atoms with van der Waals surface area (Å²) in [7, 11) is 1.63. The first kappa shape index (κ1) is 20.0. The van der Waals surface area contributed by atoms with Crippen LogP contribution in [-0.4, -0.2) is 23.8 Å². The fourth-order valence-corrected chi connectivity index (χ4v) is 4.05. The molecule has 0 saturated heterocycles. The van der Waals surface area contributed by atoms with Gasteiger partial charge in [0, 0.05) is 17.7 Å². The summed E-state index contributed by atoms with van der Waals surface area (Å²) in [5.74, 6) is 0.487. The summed E-state index contributed by atoms with van der Waals surface area (Å²) in [6, 6.07) is 15.7. The van der Waals surface area contributed by atoms with Gasteiger partial charge in [-0.2, -0.15) is 0 Å². The van der Waals surface area contributed by atoms with Crippen LogP contribution in [-0.2, 0) is 17.8 Å². The third-order valence-electron chi connectivity index (χ3n) is 5.77. The number of aryl methyl sites for hydroxylation is 1. The van der Waals surface area contributed by atoms with Crippen LogP contribution < -0.4 is 4.74 Å². The average molecular weight is 403 g/mol. The van der Waals surface area contributed by atoms with E-state index in [0.717, 1.165) is 28.1 Å². The number of rotatable bonds is 5. The Morgan fingerprint density at radius 2 is 1.73 bits per heavy atom. The van der Waals surface area contributed by atoms with E-state index in [4.69, 9.17) is 9.47 Å². The summed E-state index contributed by atoms with van der Waals surface area (Å²) in [5, 5.41) is 0. The van der Waals surface area contributed by atoms with Crippen molar-refractivity contribution in [3.8, 4) is 5.75 Å². The van der Waals surface area contributed by atoms with Gasteiger partial charge in [-0.25, -0.2) is 4.79 Å². The molecule has 3 aromatic rings. The summed E-state index contributed by atoms with van der Waals surface area (Å²) >= 11 is 0. The fourth-order valence-electron chi connectivity index (χ4n) is 4.05. The molecule has 1 atom stereocenters. The first-order valence-electron chi connectivity index (χ1n) is 10.1. The topological polar surface area (TPSA) is 68.4 Å². The van der Waals surface area contributed by atoms with E-state index in [0.29, 0.717) is 29.7 Å². The Morgan fingerprint density at radius 1 is 1.03 bits per heavy atom. The molecular formula is C25H25NO4. The van der Waals surface area contributed by atoms with Crippen LogP contribution >= 0.6 is 0 Å². The predicted octanol–water partition coefficient (Wildman–Crippen LogP) is 4.91. The van der Waals surface area contributed by atoms with E-state index in [1.807, 2.05) is 62.4 Å². The highest BCUT2D eigenvalue weighted by atomic mass is 16.5. The van der Waals surface area contributed by atoms with Crippen molar-refractivity contribution >= 4 is 11.8 Å². The van der Waals surface area contributed by atoms with Crippen molar-refractivity contribution in [1.82, 2.24) is 4.98 Å². The highest BCUT2D eigenvalue weighted by Crippen LogP contribution is 2.35. The number of hydrogen-bond acceptors (Lipinski definition) is 4. The van der Waals surface area contributed by atoms with Gasteiger partial charge >= 0.3 is 5.97 Å². The largest absolute Gasteiger partial charge is 0.497 e. The van der Waals surface area contributed by atoms with Crippen molar-refractivity contribution in [2.24, 2.45) is 0 Å². The zero-order valence-electron chi connectivity index (χ0n) is 17.5. The lowest BCUT2D eigenvalue weighted by Gasteiger charge is -2.22. The third-order valence-corrected chi connectivity index (χ3v) is 5.77. The van der Waals surface area contributed by atoms with Crippen LogP contribution in [0.15, 0.2) is 48.5 Å². The number of aromatic nitrogens is 1. The van der Waals surface area contributed by atoms with Crippen LogP contribution in [0.2, 0.25) is 0 Å². The van der Waals surface area contributed by atoms with Gasteiger partial charge in [-0.3, -0.25) is 4.79 Å². The second kappa shape index (κ2) is 8.19. The molecule has 0 fully saturated rings. The zero-order valence-corrected chi connectivity index (χ0v) is 17.5. The number of carbonyl (C=O) groups is 2. The zero-order chi connectivity index (χ0) is 21.3. The molecule has 1 heterocycles. The van der Waals surface area contributed by atoms with Gasteiger partial charge in [0.2, 0.25) is 0 Å². The second-order valence-corrected chi connectivity index (χ2v) is 7.84. The van der Waals surface area contributed by atoms with E-state index in [2.05, 4.69) is 4.98 Å². The normalized spacial score (nSPS) is 15.6. The van der Waals surface area contributed by atoms with Gasteiger partial charge in [-0.15, -0.1) is 0 Å². The number of esters is 1. The Labute approximate surface area is 176 Å². The lowest BCUT2D eigenvalue weighted by atomic mass is 9.81. The molecule has 0 saturated carbocycles. The predicted molar refractivity (Wildman–Crippen MR) is 114 cm³/mol. The van der Waals surface area contributed by atoms with Gasteiger partial charge in [0.1, 0.15) is 18.1 Å². The summed E-state index contributed by atoms with van der Waals surface area (Å²) in [5.41, 5.74) is 5.67. The molecule has 1 N–H and O–H groups in total. The van der Waals surface area contributed by atoms with Crippen molar-refractivity contribution in [2.75, 3.05) is 7.11 Å². The van der Waals surface area contributed by atoms with E-state index < -0.39 is 5.97 Å². The molecule has 2 aromatic carbocycles. The van der Waals surface area contributed by atoms with Crippen LogP contribution in [0.3, 0.4) is 0 Å². The first-order chi connectivity index (χ1) is 14.5. The lowest BCUT2D eigenvalue weighted by Crippen LogP contribution is -2.18. The maximum absolute atomic E-state index is 12.9. The number of Topliss-reactive ketones (excluding diaryl/α,β-unsaturated/α-hetero) is 1. The molecule has 0 radical (unpaired) electrons. The number of carbonyl (C=O) groups excluding carboxylic acids is 2. The van der Waals surface area contributed by atoms with Gasteiger partial charge in [0.05, 0.1) is 7.11 Å². The SMILES string of the molecule is COc1ccc([C@@H]2CC(=O)c3c([nH]c(C(=O)OCc4ccc(C)cc4)c3C)C2)cc1. The average Bonchev–Trinajstić information content (AvgIpc) is 3.10. The molecule has 5 heteroatoms. The summed E-state index contributed by atoms with van der Waals surface area (Å²) in [6.45, 7) is 4.02. The Hall–Kier alpha value is -3.34. The maximum Gasteiger partial charge on any atom is 0.355 e. The Morgan fingerprint density at radius 3 is 2.40 bits per heavy atom. The number of fused-ring (bicyclic) bond motifs is 1. The van der Waals surface area contributed by atoms with Crippen molar-refractivity contribution in [2.45, 2.75) is 39.2 Å². The molecule has 1 aromatic heterocycles. The summed E-state index contributed by atoms with van der Waals surface area (Å²) < 4.78 is 10.7. The van der Waals surface area contributed by atoms with Gasteiger partial charge in [-0.05, 0) is 55.0 Å². The Balaban J connectivity index is 1.52. The first-order valence-corrected chi connectivity index (χ1v) is 10.1. The number of H-pyrrole nitrogens is 1. The number of hydrogen-bond donors (Lipinski definition) is 1. The van der Waals surface area contributed by atoms with Crippen LogP contribution in [0.5, 0.6) is 5.75 Å². The number of ketones is 1. The molecule has 0 bridgehead atoms. The molecule has 1 aliphatic rings. The number of nitrogens with one attached hydrogen (secondary N) is 1. The number of aromatic amines is 1. The molecule has 0 aliphatic heterocycles. The minimum atomic E-state index is -0.434. The molecule has 5 nitrogen and oxygen atoms in total. The molecule has 0 amide bonds.